The van der Waals surface area contributed by atoms with Crippen LogP contribution in [0.4, 0.5) is 0 Å². The van der Waals surface area contributed by atoms with Crippen molar-refractivity contribution in [2.45, 2.75) is 40.2 Å². The van der Waals surface area contributed by atoms with Crippen LogP contribution in [0.3, 0.4) is 0 Å². The van der Waals surface area contributed by atoms with Crippen LogP contribution in [-0.4, -0.2) is 41.2 Å². The molecule has 180 valence electrons. The van der Waals surface area contributed by atoms with Gasteiger partial charge in [-0.3, -0.25) is 4.79 Å². The molecule has 10 heteroatoms. The molecular weight excluding hydrogens is 570 g/mol. The second-order valence-corrected chi connectivity index (χ2v) is 8.94. The lowest BCUT2D eigenvalue weighted by atomic mass is 10.2. The summed E-state index contributed by atoms with van der Waals surface area (Å²) in [5.41, 5.74) is 1.01. The molecular formula is C24H25Br2N3O5. The number of carbonyl (C=O) groups excluding carboxylic acids is 1. The van der Waals surface area contributed by atoms with Crippen molar-refractivity contribution in [3.05, 3.63) is 61.0 Å². The summed E-state index contributed by atoms with van der Waals surface area (Å²) in [5.74, 6) is 0.899. The highest BCUT2D eigenvalue weighted by Gasteiger charge is 2.19. The molecule has 2 aromatic carbocycles. The molecule has 1 heterocycles. The number of halogens is 2. The van der Waals surface area contributed by atoms with E-state index in [1.807, 2.05) is 19.9 Å². The Kier molecular flexibility index (Phi) is 8.84. The van der Waals surface area contributed by atoms with Gasteiger partial charge < -0.3 is 14.2 Å². The summed E-state index contributed by atoms with van der Waals surface area (Å²) in [5, 5.41) is 4.90. The zero-order valence-electron chi connectivity index (χ0n) is 19.3. The lowest BCUT2D eigenvalue weighted by Crippen LogP contribution is -2.26. The molecule has 1 aromatic heterocycles. The molecule has 0 saturated carbocycles. The highest BCUT2D eigenvalue weighted by atomic mass is 79.9. The van der Waals surface area contributed by atoms with Crippen molar-refractivity contribution < 1.29 is 19.0 Å². The minimum absolute atomic E-state index is 0.260. The maximum Gasteiger partial charge on any atom is 0.347 e. The van der Waals surface area contributed by atoms with Crippen molar-refractivity contribution in [2.24, 2.45) is 5.10 Å². The highest BCUT2D eigenvalue weighted by Crippen LogP contribution is 2.34. The minimum atomic E-state index is -0.806. The standard InChI is InChI=1S/C24H25Br2N3O5/c1-5-22-28-19-9-8-16(25)11-17(19)23(30)29(22)27-13-15-10-20(32-6-2)21(12-18(15)26)34-14(4)24(31)33-7-3/h8-14H,5-7H2,1-4H3/t14-/m1/s1. The summed E-state index contributed by atoms with van der Waals surface area (Å²) < 4.78 is 19.2. The Bertz CT molecular complexity index is 1290. The normalized spacial score (nSPS) is 12.2. The minimum Gasteiger partial charge on any atom is -0.490 e. The summed E-state index contributed by atoms with van der Waals surface area (Å²) in [6.07, 6.45) is 1.28. The number of rotatable bonds is 9. The van der Waals surface area contributed by atoms with Crippen LogP contribution in [-0.2, 0) is 16.0 Å². The number of hydrogen-bond donors (Lipinski definition) is 0. The van der Waals surface area contributed by atoms with Gasteiger partial charge in [-0.2, -0.15) is 9.78 Å². The number of aryl methyl sites for hydroxylation is 1. The smallest absolute Gasteiger partial charge is 0.347 e. The second-order valence-electron chi connectivity index (χ2n) is 7.17. The fourth-order valence-corrected chi connectivity index (χ4v) is 3.96. The number of esters is 1. The first-order valence-electron chi connectivity index (χ1n) is 10.8. The quantitative estimate of drug-likeness (QED) is 0.253. The van der Waals surface area contributed by atoms with Gasteiger partial charge in [0.2, 0.25) is 0 Å². The van der Waals surface area contributed by atoms with Gasteiger partial charge in [0.05, 0.1) is 30.3 Å². The highest BCUT2D eigenvalue weighted by molar-refractivity contribution is 9.10. The Hall–Kier alpha value is -2.72. The molecule has 3 aromatic rings. The Morgan fingerprint density at radius 3 is 2.59 bits per heavy atom. The zero-order valence-corrected chi connectivity index (χ0v) is 22.5. The molecule has 0 radical (unpaired) electrons. The number of carbonyl (C=O) groups is 1. The molecule has 0 N–H and O–H groups in total. The average Bonchev–Trinajstić information content (AvgIpc) is 2.81. The molecule has 0 spiro atoms. The van der Waals surface area contributed by atoms with E-state index >= 15 is 0 Å². The van der Waals surface area contributed by atoms with Gasteiger partial charge >= 0.3 is 5.97 Å². The van der Waals surface area contributed by atoms with E-state index in [0.717, 1.165) is 4.47 Å². The van der Waals surface area contributed by atoms with Gasteiger partial charge in [0.1, 0.15) is 5.82 Å². The van der Waals surface area contributed by atoms with E-state index in [9.17, 15) is 9.59 Å². The summed E-state index contributed by atoms with van der Waals surface area (Å²) in [4.78, 5) is 29.7. The van der Waals surface area contributed by atoms with E-state index in [-0.39, 0.29) is 12.2 Å². The molecule has 0 saturated heterocycles. The molecule has 0 fully saturated rings. The molecule has 1 atom stereocenters. The molecule has 3 rings (SSSR count). The van der Waals surface area contributed by atoms with E-state index in [2.05, 4.69) is 41.9 Å². The van der Waals surface area contributed by atoms with Gasteiger partial charge in [0.15, 0.2) is 17.6 Å². The monoisotopic (exact) mass is 593 g/mol. The third-order valence-electron chi connectivity index (χ3n) is 4.79. The molecule has 8 nitrogen and oxygen atoms in total. The third kappa shape index (κ3) is 5.85. The van der Waals surface area contributed by atoms with Crippen molar-refractivity contribution in [1.29, 1.82) is 0 Å². The van der Waals surface area contributed by atoms with Gasteiger partial charge in [-0.1, -0.05) is 22.9 Å². The van der Waals surface area contributed by atoms with Crippen LogP contribution in [0.15, 0.2) is 49.2 Å². The summed E-state index contributed by atoms with van der Waals surface area (Å²) >= 11 is 6.92. The molecule has 0 aliphatic carbocycles. The number of hydrogen-bond acceptors (Lipinski definition) is 7. The van der Waals surface area contributed by atoms with Crippen LogP contribution in [0.25, 0.3) is 10.9 Å². The van der Waals surface area contributed by atoms with Crippen molar-refractivity contribution in [1.82, 2.24) is 9.66 Å². The van der Waals surface area contributed by atoms with Crippen LogP contribution in [0.5, 0.6) is 11.5 Å². The lowest BCUT2D eigenvalue weighted by molar-refractivity contribution is -0.150. The predicted octanol–water partition coefficient (Wildman–Crippen LogP) is 5.10. The summed E-state index contributed by atoms with van der Waals surface area (Å²) in [7, 11) is 0. The Balaban J connectivity index is 2.01. The molecule has 0 bridgehead atoms. The van der Waals surface area contributed by atoms with Crippen LogP contribution in [0.2, 0.25) is 0 Å². The van der Waals surface area contributed by atoms with Crippen LogP contribution in [0, 0.1) is 0 Å². The lowest BCUT2D eigenvalue weighted by Gasteiger charge is -2.17. The number of ether oxygens (including phenoxy) is 3. The number of fused-ring (bicyclic) bond motifs is 1. The SMILES string of the molecule is CCOC(=O)[C@@H](C)Oc1cc(Br)c(C=Nn2c(CC)nc3ccc(Br)cc3c2=O)cc1OCC. The molecule has 0 unspecified atom stereocenters. The van der Waals surface area contributed by atoms with Crippen LogP contribution < -0.4 is 15.0 Å². The first kappa shape index (κ1) is 25.9. The van der Waals surface area contributed by atoms with E-state index in [1.165, 1.54) is 4.68 Å². The van der Waals surface area contributed by atoms with Gasteiger partial charge in [-0.15, -0.1) is 0 Å². The molecule has 0 amide bonds. The number of nitrogens with zero attached hydrogens (tertiary/aromatic N) is 3. The fourth-order valence-electron chi connectivity index (χ4n) is 3.17. The Labute approximate surface area is 214 Å². The van der Waals surface area contributed by atoms with E-state index < -0.39 is 12.1 Å². The molecule has 0 aliphatic heterocycles. The fraction of sp³-hybridized carbons (Fsp3) is 0.333. The van der Waals surface area contributed by atoms with Crippen LogP contribution >= 0.6 is 31.9 Å². The van der Waals surface area contributed by atoms with Crippen molar-refractivity contribution in [2.75, 3.05) is 13.2 Å². The second kappa shape index (κ2) is 11.6. The Morgan fingerprint density at radius 1 is 1.15 bits per heavy atom. The Morgan fingerprint density at radius 2 is 1.91 bits per heavy atom. The topological polar surface area (TPSA) is 92.0 Å². The zero-order chi connectivity index (χ0) is 24.8. The van der Waals surface area contributed by atoms with E-state index in [4.69, 9.17) is 14.2 Å². The molecule has 0 aliphatic rings. The van der Waals surface area contributed by atoms with Crippen molar-refractivity contribution in [3.8, 4) is 11.5 Å². The first-order chi connectivity index (χ1) is 16.3. The van der Waals surface area contributed by atoms with Gasteiger partial charge in [-0.05, 0) is 67.0 Å². The summed E-state index contributed by atoms with van der Waals surface area (Å²) in [6, 6.07) is 8.80. The third-order valence-corrected chi connectivity index (χ3v) is 5.97. The van der Waals surface area contributed by atoms with Crippen molar-refractivity contribution >= 4 is 54.9 Å². The maximum absolute atomic E-state index is 13.1. The van der Waals surface area contributed by atoms with Crippen LogP contribution in [0.1, 0.15) is 39.1 Å². The first-order valence-corrected chi connectivity index (χ1v) is 12.4. The van der Waals surface area contributed by atoms with Gasteiger partial charge in [0, 0.05) is 20.9 Å². The van der Waals surface area contributed by atoms with Crippen molar-refractivity contribution in [3.63, 3.8) is 0 Å². The average molecular weight is 595 g/mol. The maximum atomic E-state index is 13.1. The summed E-state index contributed by atoms with van der Waals surface area (Å²) in [6.45, 7) is 7.77. The van der Waals surface area contributed by atoms with Gasteiger partial charge in [0.25, 0.3) is 5.56 Å². The van der Waals surface area contributed by atoms with E-state index in [0.29, 0.717) is 51.3 Å². The predicted molar refractivity (Wildman–Crippen MR) is 138 cm³/mol. The van der Waals surface area contributed by atoms with Gasteiger partial charge in [-0.25, -0.2) is 9.78 Å². The largest absolute Gasteiger partial charge is 0.490 e. The number of aromatic nitrogens is 2. The number of benzene rings is 2. The van der Waals surface area contributed by atoms with E-state index in [1.54, 1.807) is 44.3 Å². The molecule has 34 heavy (non-hydrogen) atoms.